The number of carbonyl (C=O) groups is 2. The average Bonchev–Trinajstić information content (AvgIpc) is 2.49. The van der Waals surface area contributed by atoms with Crippen molar-refractivity contribution in [1.82, 2.24) is 9.55 Å². The van der Waals surface area contributed by atoms with Crippen LogP contribution in [0.3, 0.4) is 0 Å². The van der Waals surface area contributed by atoms with Crippen LogP contribution in [0.4, 0.5) is 0 Å². The van der Waals surface area contributed by atoms with E-state index in [9.17, 15) is 19.2 Å². The molecule has 9 nitrogen and oxygen atoms in total. The Morgan fingerprint density at radius 3 is 2.58 bits per heavy atom. The van der Waals surface area contributed by atoms with E-state index in [-0.39, 0.29) is 6.61 Å². The summed E-state index contributed by atoms with van der Waals surface area (Å²) in [6.45, 7) is 3.90. The number of aromatic amines is 1. The third kappa shape index (κ3) is 4.19. The van der Waals surface area contributed by atoms with Crippen LogP contribution < -0.4 is 11.2 Å². The van der Waals surface area contributed by atoms with Crippen molar-refractivity contribution in [1.29, 1.82) is 0 Å². The quantitative estimate of drug-likeness (QED) is 0.596. The first-order valence-corrected chi connectivity index (χ1v) is 7.24. The van der Waals surface area contributed by atoms with Gasteiger partial charge in [-0.15, -0.1) is 0 Å². The summed E-state index contributed by atoms with van der Waals surface area (Å²) in [5.74, 6) is -1.03. The summed E-state index contributed by atoms with van der Waals surface area (Å²) in [4.78, 5) is 47.7. The van der Waals surface area contributed by atoms with Gasteiger partial charge in [-0.2, -0.15) is 0 Å². The SMILES string of the molecule is CC(=O)OC[C@H]1O[C@H](n2cc(C)c(=O)[nH]c2=O)C=C[C@@H]1OC(C)=O. The van der Waals surface area contributed by atoms with Crippen molar-refractivity contribution in [3.8, 4) is 0 Å². The van der Waals surface area contributed by atoms with E-state index in [1.54, 1.807) is 13.0 Å². The van der Waals surface area contributed by atoms with Gasteiger partial charge < -0.3 is 14.2 Å². The van der Waals surface area contributed by atoms with Crippen LogP contribution in [-0.4, -0.2) is 40.3 Å². The summed E-state index contributed by atoms with van der Waals surface area (Å²) in [6.07, 6.45) is 2.07. The predicted octanol–water partition coefficient (Wildman–Crippen LogP) is -0.207. The number of hydrogen-bond acceptors (Lipinski definition) is 7. The van der Waals surface area contributed by atoms with Crippen LogP contribution in [0.2, 0.25) is 0 Å². The van der Waals surface area contributed by atoms with Gasteiger partial charge in [0.1, 0.15) is 18.8 Å². The molecule has 0 aliphatic carbocycles. The molecule has 0 saturated carbocycles. The van der Waals surface area contributed by atoms with E-state index in [1.165, 1.54) is 30.7 Å². The Morgan fingerprint density at radius 2 is 1.96 bits per heavy atom. The molecule has 0 aromatic carbocycles. The highest BCUT2D eigenvalue weighted by Crippen LogP contribution is 2.22. The standard InChI is InChI=1S/C15H18N2O7/c1-8-6-17(15(21)16-14(8)20)13-5-4-11(23-10(3)19)12(24-13)7-22-9(2)18/h4-6,11-13H,7H2,1-3H3,(H,16,20,21)/t11-,12+,13-/m0/s1. The van der Waals surface area contributed by atoms with E-state index in [0.29, 0.717) is 5.56 Å². The molecule has 9 heteroatoms. The molecular weight excluding hydrogens is 320 g/mol. The number of carbonyl (C=O) groups excluding carboxylic acids is 2. The molecule has 1 aromatic rings. The molecule has 2 rings (SSSR count). The largest absolute Gasteiger partial charge is 0.463 e. The minimum atomic E-state index is -0.833. The Morgan fingerprint density at radius 1 is 1.25 bits per heavy atom. The Kier molecular flexibility index (Phi) is 5.35. The van der Waals surface area contributed by atoms with Crippen molar-refractivity contribution >= 4 is 11.9 Å². The minimum Gasteiger partial charge on any atom is -0.463 e. The van der Waals surface area contributed by atoms with Crippen LogP contribution in [0.1, 0.15) is 25.6 Å². The van der Waals surface area contributed by atoms with E-state index in [1.807, 2.05) is 0 Å². The van der Waals surface area contributed by atoms with E-state index >= 15 is 0 Å². The van der Waals surface area contributed by atoms with E-state index < -0.39 is 41.6 Å². The molecule has 0 spiro atoms. The third-order valence-corrected chi connectivity index (χ3v) is 3.32. The predicted molar refractivity (Wildman–Crippen MR) is 81.3 cm³/mol. The van der Waals surface area contributed by atoms with Gasteiger partial charge in [0, 0.05) is 25.6 Å². The molecular formula is C15H18N2O7. The first-order valence-electron chi connectivity index (χ1n) is 7.24. The second-order valence-corrected chi connectivity index (χ2v) is 5.31. The molecule has 1 N–H and O–H groups in total. The highest BCUT2D eigenvalue weighted by atomic mass is 16.6. The van der Waals surface area contributed by atoms with Crippen LogP contribution in [0.5, 0.6) is 0 Å². The number of nitrogens with zero attached hydrogens (tertiary/aromatic N) is 1. The lowest BCUT2D eigenvalue weighted by atomic mass is 10.1. The summed E-state index contributed by atoms with van der Waals surface area (Å²) in [5.41, 5.74) is -0.784. The van der Waals surface area contributed by atoms with Crippen LogP contribution in [0.15, 0.2) is 27.9 Å². The Bertz CT molecular complexity index is 777. The maximum absolute atomic E-state index is 11.9. The number of ether oxygens (including phenoxy) is 3. The molecule has 1 aromatic heterocycles. The summed E-state index contributed by atoms with van der Waals surface area (Å²) in [7, 11) is 0. The molecule has 0 fully saturated rings. The highest BCUT2D eigenvalue weighted by molar-refractivity contribution is 5.66. The lowest BCUT2D eigenvalue weighted by molar-refractivity contribution is -0.168. The van der Waals surface area contributed by atoms with Gasteiger partial charge in [-0.05, 0) is 19.1 Å². The van der Waals surface area contributed by atoms with Crippen LogP contribution in [0, 0.1) is 6.92 Å². The lowest BCUT2D eigenvalue weighted by Crippen LogP contribution is -2.43. The second kappa shape index (κ2) is 7.26. The number of hydrogen-bond donors (Lipinski definition) is 1. The molecule has 2 heterocycles. The summed E-state index contributed by atoms with van der Waals surface area (Å²) in [5, 5.41) is 0. The fourth-order valence-corrected chi connectivity index (χ4v) is 2.20. The smallest absolute Gasteiger partial charge is 0.330 e. The fourth-order valence-electron chi connectivity index (χ4n) is 2.20. The van der Waals surface area contributed by atoms with Crippen molar-refractivity contribution in [2.24, 2.45) is 0 Å². The van der Waals surface area contributed by atoms with Crippen LogP contribution in [0.25, 0.3) is 0 Å². The number of rotatable bonds is 4. The summed E-state index contributed by atoms with van der Waals surface area (Å²) >= 11 is 0. The van der Waals surface area contributed by atoms with Crippen molar-refractivity contribution in [3.05, 3.63) is 44.8 Å². The lowest BCUT2D eigenvalue weighted by Gasteiger charge is -2.32. The van der Waals surface area contributed by atoms with Crippen molar-refractivity contribution < 1.29 is 23.8 Å². The van der Waals surface area contributed by atoms with Gasteiger partial charge in [-0.1, -0.05) is 0 Å². The number of H-pyrrole nitrogens is 1. The number of aryl methyl sites for hydroxylation is 1. The Labute approximate surface area is 136 Å². The number of nitrogens with one attached hydrogen (secondary N) is 1. The molecule has 130 valence electrons. The summed E-state index contributed by atoms with van der Waals surface area (Å²) in [6, 6.07) is 0. The third-order valence-electron chi connectivity index (χ3n) is 3.32. The molecule has 0 unspecified atom stereocenters. The zero-order valence-corrected chi connectivity index (χ0v) is 13.5. The Hall–Kier alpha value is -2.68. The molecule has 0 amide bonds. The zero-order chi connectivity index (χ0) is 17.9. The molecule has 24 heavy (non-hydrogen) atoms. The number of esters is 2. The van der Waals surface area contributed by atoms with Gasteiger partial charge in [0.25, 0.3) is 5.56 Å². The molecule has 1 aliphatic heterocycles. The molecule has 0 bridgehead atoms. The molecule has 3 atom stereocenters. The average molecular weight is 338 g/mol. The second-order valence-electron chi connectivity index (χ2n) is 5.31. The van der Waals surface area contributed by atoms with Crippen LogP contribution >= 0.6 is 0 Å². The molecule has 0 radical (unpaired) electrons. The number of aromatic nitrogens is 2. The van der Waals surface area contributed by atoms with Gasteiger partial charge in [0.2, 0.25) is 0 Å². The van der Waals surface area contributed by atoms with Gasteiger partial charge in [0.15, 0.2) is 6.23 Å². The van der Waals surface area contributed by atoms with Gasteiger partial charge in [0.05, 0.1) is 0 Å². The van der Waals surface area contributed by atoms with Gasteiger partial charge >= 0.3 is 17.6 Å². The van der Waals surface area contributed by atoms with Gasteiger partial charge in [-0.3, -0.25) is 23.9 Å². The summed E-state index contributed by atoms with van der Waals surface area (Å²) < 4.78 is 16.9. The topological polar surface area (TPSA) is 117 Å². The van der Waals surface area contributed by atoms with E-state index in [4.69, 9.17) is 14.2 Å². The maximum Gasteiger partial charge on any atom is 0.330 e. The fraction of sp³-hybridized carbons (Fsp3) is 0.467. The zero-order valence-electron chi connectivity index (χ0n) is 13.5. The van der Waals surface area contributed by atoms with Crippen LogP contribution in [-0.2, 0) is 23.8 Å². The first-order chi connectivity index (χ1) is 11.3. The van der Waals surface area contributed by atoms with Crippen molar-refractivity contribution in [2.75, 3.05) is 6.61 Å². The first kappa shape index (κ1) is 17.7. The molecule has 0 saturated heterocycles. The van der Waals surface area contributed by atoms with Crippen molar-refractivity contribution in [2.45, 2.75) is 39.2 Å². The Balaban J connectivity index is 2.29. The minimum absolute atomic E-state index is 0.148. The normalized spacial score (nSPS) is 22.9. The van der Waals surface area contributed by atoms with Gasteiger partial charge in [-0.25, -0.2) is 4.79 Å². The monoisotopic (exact) mass is 338 g/mol. The van der Waals surface area contributed by atoms with E-state index in [2.05, 4.69) is 4.98 Å². The van der Waals surface area contributed by atoms with E-state index in [0.717, 1.165) is 0 Å². The van der Waals surface area contributed by atoms with Crippen molar-refractivity contribution in [3.63, 3.8) is 0 Å². The molecule has 1 aliphatic rings. The highest BCUT2D eigenvalue weighted by Gasteiger charge is 2.31. The maximum atomic E-state index is 11.9.